The smallest absolute Gasteiger partial charge is 0.181 e. The average molecular weight is 311 g/mol. The summed E-state index contributed by atoms with van der Waals surface area (Å²) in [6, 6.07) is 1.64. The van der Waals surface area contributed by atoms with Crippen LogP contribution in [0.3, 0.4) is 0 Å². The maximum Gasteiger partial charge on any atom is 0.181 e. The molecule has 5 nitrogen and oxygen atoms in total. The van der Waals surface area contributed by atoms with Gasteiger partial charge in [-0.25, -0.2) is 15.0 Å². The average Bonchev–Trinajstić information content (AvgIpc) is 2.46. The molecule has 0 aromatic carbocycles. The zero-order valence-electron chi connectivity index (χ0n) is 10.8. The second-order valence-corrected chi connectivity index (χ2v) is 5.20. The van der Waals surface area contributed by atoms with Gasteiger partial charge in [-0.2, -0.15) is 0 Å². The molecule has 0 bridgehead atoms. The highest BCUT2D eigenvalue weighted by Gasteiger charge is 2.19. The van der Waals surface area contributed by atoms with Gasteiger partial charge in [-0.3, -0.25) is 0 Å². The summed E-state index contributed by atoms with van der Waals surface area (Å²) < 4.78 is 5.44. The van der Waals surface area contributed by atoms with Crippen molar-refractivity contribution in [3.05, 3.63) is 33.6 Å². The minimum Gasteiger partial charge on any atom is -0.376 e. The molecule has 1 aliphatic heterocycles. The van der Waals surface area contributed by atoms with Crippen LogP contribution in [-0.4, -0.2) is 28.6 Å². The Morgan fingerprint density at radius 3 is 2.90 bits per heavy atom. The lowest BCUT2D eigenvalue weighted by molar-refractivity contribution is 0.109. The van der Waals surface area contributed by atoms with Gasteiger partial charge in [0.1, 0.15) is 11.5 Å². The van der Waals surface area contributed by atoms with Crippen LogP contribution < -0.4 is 5.32 Å². The minimum absolute atomic E-state index is 0.437. The van der Waals surface area contributed by atoms with Crippen LogP contribution >= 0.6 is 23.2 Å². The Morgan fingerprint density at radius 2 is 2.15 bits per heavy atom. The van der Waals surface area contributed by atoms with Crippen LogP contribution in [0.4, 0.5) is 5.82 Å². The first kappa shape index (κ1) is 13.5. The van der Waals surface area contributed by atoms with E-state index in [2.05, 4.69) is 20.3 Å². The van der Waals surface area contributed by atoms with Crippen molar-refractivity contribution in [2.75, 3.05) is 19.0 Å². The number of pyridine rings is 1. The Labute approximate surface area is 126 Å². The maximum atomic E-state index is 6.17. The zero-order valence-corrected chi connectivity index (χ0v) is 12.3. The molecule has 20 heavy (non-hydrogen) atoms. The van der Waals surface area contributed by atoms with Crippen molar-refractivity contribution in [1.82, 2.24) is 15.0 Å². The number of halogens is 2. The molecular weight excluding hydrogens is 299 g/mol. The van der Waals surface area contributed by atoms with Crippen LogP contribution in [-0.2, 0) is 17.8 Å². The van der Waals surface area contributed by atoms with Crippen LogP contribution in [0.25, 0.3) is 11.5 Å². The van der Waals surface area contributed by atoms with Crippen LogP contribution in [0.15, 0.2) is 12.3 Å². The Morgan fingerprint density at radius 1 is 1.30 bits per heavy atom. The van der Waals surface area contributed by atoms with Gasteiger partial charge in [0.25, 0.3) is 0 Å². The van der Waals surface area contributed by atoms with Gasteiger partial charge in [0.15, 0.2) is 5.82 Å². The summed E-state index contributed by atoms with van der Waals surface area (Å²) in [5.74, 6) is 1.24. The third-order valence-electron chi connectivity index (χ3n) is 3.08. The van der Waals surface area contributed by atoms with Crippen LogP contribution in [0, 0.1) is 0 Å². The highest BCUT2D eigenvalue weighted by Crippen LogP contribution is 2.29. The van der Waals surface area contributed by atoms with E-state index in [0.29, 0.717) is 34.8 Å². The molecule has 0 unspecified atom stereocenters. The quantitative estimate of drug-likeness (QED) is 0.924. The van der Waals surface area contributed by atoms with Crippen molar-refractivity contribution in [2.24, 2.45) is 0 Å². The molecule has 0 amide bonds. The van der Waals surface area contributed by atoms with Crippen molar-refractivity contribution in [2.45, 2.75) is 13.0 Å². The van der Waals surface area contributed by atoms with E-state index in [1.807, 2.05) is 7.05 Å². The second-order valence-electron chi connectivity index (χ2n) is 4.36. The molecule has 3 heterocycles. The summed E-state index contributed by atoms with van der Waals surface area (Å²) in [7, 11) is 1.82. The molecule has 0 radical (unpaired) electrons. The third kappa shape index (κ3) is 2.44. The number of rotatable bonds is 2. The van der Waals surface area contributed by atoms with Gasteiger partial charge in [0.05, 0.1) is 29.0 Å². The van der Waals surface area contributed by atoms with Gasteiger partial charge in [-0.1, -0.05) is 23.2 Å². The monoisotopic (exact) mass is 310 g/mol. The standard InChI is InChI=1S/C13H12Cl2N4O/c1-16-12-8-6-20-3-2-10(8)18-13(19-12)11-9(15)4-7(14)5-17-11/h4-5H,2-3,6H2,1H3,(H,16,18,19). The van der Waals surface area contributed by atoms with Crippen molar-refractivity contribution in [1.29, 1.82) is 0 Å². The first-order valence-corrected chi connectivity index (χ1v) is 6.91. The van der Waals surface area contributed by atoms with E-state index < -0.39 is 0 Å². The number of hydrogen-bond acceptors (Lipinski definition) is 5. The van der Waals surface area contributed by atoms with Gasteiger partial charge in [0, 0.05) is 25.2 Å². The van der Waals surface area contributed by atoms with Gasteiger partial charge in [-0.05, 0) is 6.07 Å². The normalized spacial score (nSPS) is 13.9. The van der Waals surface area contributed by atoms with Crippen molar-refractivity contribution in [3.8, 4) is 11.5 Å². The molecule has 0 aliphatic carbocycles. The molecular formula is C13H12Cl2N4O. The summed E-state index contributed by atoms with van der Waals surface area (Å²) in [6.45, 7) is 1.18. The highest BCUT2D eigenvalue weighted by atomic mass is 35.5. The number of ether oxygens (including phenoxy) is 1. The first-order chi connectivity index (χ1) is 9.69. The number of fused-ring (bicyclic) bond motifs is 1. The van der Waals surface area contributed by atoms with Gasteiger partial charge >= 0.3 is 0 Å². The van der Waals surface area contributed by atoms with Crippen LogP contribution in [0.2, 0.25) is 10.0 Å². The topological polar surface area (TPSA) is 59.9 Å². The lowest BCUT2D eigenvalue weighted by Gasteiger charge is -2.19. The number of nitrogens with one attached hydrogen (secondary N) is 1. The SMILES string of the molecule is CNc1nc(-c2ncc(Cl)cc2Cl)nc2c1COCC2. The fourth-order valence-corrected chi connectivity index (χ4v) is 2.59. The van der Waals surface area contributed by atoms with E-state index in [9.17, 15) is 0 Å². The molecule has 7 heteroatoms. The van der Waals surface area contributed by atoms with Gasteiger partial charge in [-0.15, -0.1) is 0 Å². The van der Waals surface area contributed by atoms with Crippen molar-refractivity contribution < 1.29 is 4.74 Å². The summed E-state index contributed by atoms with van der Waals surface area (Å²) in [5.41, 5.74) is 2.49. The number of nitrogens with zero attached hydrogens (tertiary/aromatic N) is 3. The zero-order chi connectivity index (χ0) is 14.1. The Hall–Kier alpha value is -1.43. The predicted molar refractivity (Wildman–Crippen MR) is 78.2 cm³/mol. The predicted octanol–water partition coefficient (Wildman–Crippen LogP) is 2.96. The molecule has 104 valence electrons. The van der Waals surface area contributed by atoms with Crippen LogP contribution in [0.1, 0.15) is 11.3 Å². The summed E-state index contributed by atoms with van der Waals surface area (Å²) >= 11 is 12.0. The molecule has 1 N–H and O–H groups in total. The molecule has 0 spiro atoms. The third-order valence-corrected chi connectivity index (χ3v) is 3.57. The molecule has 3 rings (SSSR count). The molecule has 0 fully saturated rings. The second kappa shape index (κ2) is 5.52. The molecule has 0 atom stereocenters. The van der Waals surface area contributed by atoms with E-state index in [1.165, 1.54) is 6.20 Å². The van der Waals surface area contributed by atoms with E-state index in [4.69, 9.17) is 27.9 Å². The Kier molecular flexibility index (Phi) is 3.74. The first-order valence-electron chi connectivity index (χ1n) is 6.15. The molecule has 2 aromatic heterocycles. The van der Waals surface area contributed by atoms with Crippen molar-refractivity contribution in [3.63, 3.8) is 0 Å². The van der Waals surface area contributed by atoms with E-state index in [0.717, 1.165) is 23.5 Å². The molecule has 1 aliphatic rings. The van der Waals surface area contributed by atoms with Crippen LogP contribution in [0.5, 0.6) is 0 Å². The highest BCUT2D eigenvalue weighted by molar-refractivity contribution is 6.35. The largest absolute Gasteiger partial charge is 0.376 e. The summed E-state index contributed by atoms with van der Waals surface area (Å²) in [6.07, 6.45) is 2.29. The van der Waals surface area contributed by atoms with Crippen molar-refractivity contribution >= 4 is 29.0 Å². The Bertz CT molecular complexity index is 646. The summed E-state index contributed by atoms with van der Waals surface area (Å²) in [4.78, 5) is 13.3. The summed E-state index contributed by atoms with van der Waals surface area (Å²) in [5, 5.41) is 3.99. The van der Waals surface area contributed by atoms with Gasteiger partial charge < -0.3 is 10.1 Å². The molecule has 2 aromatic rings. The number of aromatic nitrogens is 3. The molecule has 0 saturated heterocycles. The number of hydrogen-bond donors (Lipinski definition) is 1. The lowest BCUT2D eigenvalue weighted by Crippen LogP contribution is -2.16. The lowest BCUT2D eigenvalue weighted by atomic mass is 10.1. The maximum absolute atomic E-state index is 6.17. The molecule has 0 saturated carbocycles. The van der Waals surface area contributed by atoms with E-state index in [1.54, 1.807) is 6.07 Å². The fourth-order valence-electron chi connectivity index (χ4n) is 2.12. The van der Waals surface area contributed by atoms with E-state index >= 15 is 0 Å². The Balaban J connectivity index is 2.14. The minimum atomic E-state index is 0.437. The number of anilines is 1. The van der Waals surface area contributed by atoms with E-state index in [-0.39, 0.29) is 0 Å². The fraction of sp³-hybridized carbons (Fsp3) is 0.308. The van der Waals surface area contributed by atoms with Gasteiger partial charge in [0.2, 0.25) is 0 Å².